The lowest BCUT2D eigenvalue weighted by Crippen LogP contribution is -2.11. The maximum Gasteiger partial charge on any atom is 0.277 e. The van der Waals surface area contributed by atoms with Gasteiger partial charge in [-0.2, -0.15) is 8.42 Å². The van der Waals surface area contributed by atoms with Gasteiger partial charge in [-0.1, -0.05) is 36.4 Å². The van der Waals surface area contributed by atoms with Crippen molar-refractivity contribution in [2.45, 2.75) is 0 Å². The summed E-state index contributed by atoms with van der Waals surface area (Å²) >= 11 is 0. The molecule has 3 N–H and O–H groups in total. The van der Waals surface area contributed by atoms with E-state index in [-0.39, 0.29) is 0 Å². The van der Waals surface area contributed by atoms with E-state index in [1.807, 2.05) is 36.4 Å². The highest BCUT2D eigenvalue weighted by molar-refractivity contribution is 7.85. The number of rotatable bonds is 1. The smallest absolute Gasteiger partial charge is 0.277 e. The molecule has 4 nitrogen and oxygen atoms in total. The molecule has 0 aromatic heterocycles. The molecule has 1 aromatic carbocycles. The first-order valence-electron chi connectivity index (χ1n) is 3.21. The van der Waals surface area contributed by atoms with Crippen LogP contribution in [0.25, 0.3) is 0 Å². The first kappa shape index (κ1) is 11.1. The molecule has 5 heteroatoms. The van der Waals surface area contributed by atoms with Gasteiger partial charge in [0.15, 0.2) is 0 Å². The number of nitrogens with two attached hydrogens (primary N) is 1. The molecule has 0 spiro atoms. The zero-order valence-electron chi connectivity index (χ0n) is 6.42. The molecule has 0 saturated heterocycles. The van der Waals surface area contributed by atoms with Crippen molar-refractivity contribution in [1.82, 2.24) is 0 Å². The molecular weight excluding hydrogens is 178 g/mol. The summed E-state index contributed by atoms with van der Waals surface area (Å²) in [7, 11) is -3.88. The van der Waals surface area contributed by atoms with Crippen LogP contribution in [0, 0.1) is 0 Å². The van der Waals surface area contributed by atoms with Gasteiger partial charge in [0.25, 0.3) is 10.1 Å². The van der Waals surface area contributed by atoms with Crippen LogP contribution in [0.3, 0.4) is 0 Å². The molecule has 0 bridgehead atoms. The van der Waals surface area contributed by atoms with Crippen molar-refractivity contribution in [2.24, 2.45) is 5.73 Å². The summed E-state index contributed by atoms with van der Waals surface area (Å²) in [5.41, 5.74) is 4.47. The summed E-state index contributed by atoms with van der Waals surface area (Å²) < 4.78 is 26.5. The minimum absolute atomic E-state index is 0.701. The predicted molar refractivity (Wildman–Crippen MR) is 47.0 cm³/mol. The average Bonchev–Trinajstić information content (AvgIpc) is 2.07. The van der Waals surface area contributed by atoms with Crippen molar-refractivity contribution in [3.05, 3.63) is 36.4 Å². The lowest BCUT2D eigenvalue weighted by molar-refractivity contribution is 0.483. The van der Waals surface area contributed by atoms with Gasteiger partial charge in [-0.15, -0.1) is 0 Å². The van der Waals surface area contributed by atoms with Gasteiger partial charge in [0.2, 0.25) is 0 Å². The van der Waals surface area contributed by atoms with E-state index in [1.54, 1.807) is 0 Å². The third-order valence-corrected chi connectivity index (χ3v) is 1.30. The van der Waals surface area contributed by atoms with Gasteiger partial charge in [0.1, 0.15) is 5.88 Å². The Hall–Kier alpha value is -0.910. The van der Waals surface area contributed by atoms with Gasteiger partial charge in [-0.3, -0.25) is 4.55 Å². The monoisotopic (exact) mass is 189 g/mol. The highest BCUT2D eigenvalue weighted by atomic mass is 32.2. The molecule has 0 unspecified atom stereocenters. The van der Waals surface area contributed by atoms with Gasteiger partial charge in [-0.25, -0.2) is 0 Å². The summed E-state index contributed by atoms with van der Waals surface area (Å²) in [5, 5.41) is 0. The van der Waals surface area contributed by atoms with E-state index in [2.05, 4.69) is 5.73 Å². The van der Waals surface area contributed by atoms with Crippen molar-refractivity contribution in [1.29, 1.82) is 0 Å². The van der Waals surface area contributed by atoms with Crippen LogP contribution in [-0.2, 0) is 10.1 Å². The molecule has 0 aliphatic heterocycles. The molecule has 0 amide bonds. The first-order chi connectivity index (χ1) is 5.56. The lowest BCUT2D eigenvalue weighted by Gasteiger charge is -1.80. The average molecular weight is 189 g/mol. The molecule has 68 valence electrons. The van der Waals surface area contributed by atoms with Crippen LogP contribution in [0.1, 0.15) is 0 Å². The molecule has 12 heavy (non-hydrogen) atoms. The van der Waals surface area contributed by atoms with Crippen LogP contribution in [0.5, 0.6) is 0 Å². The maximum atomic E-state index is 9.43. The fourth-order valence-corrected chi connectivity index (χ4v) is 0.385. The summed E-state index contributed by atoms with van der Waals surface area (Å²) in [4.78, 5) is 0. The Morgan fingerprint density at radius 3 is 1.25 bits per heavy atom. The first-order valence-corrected chi connectivity index (χ1v) is 4.82. The van der Waals surface area contributed by atoms with Gasteiger partial charge in [0, 0.05) is 0 Å². The van der Waals surface area contributed by atoms with E-state index in [9.17, 15) is 8.42 Å². The van der Waals surface area contributed by atoms with Crippen LogP contribution in [0.15, 0.2) is 36.4 Å². The fourth-order valence-electron chi connectivity index (χ4n) is 0.385. The minimum atomic E-state index is -3.88. The van der Waals surface area contributed by atoms with Crippen LogP contribution in [0.2, 0.25) is 0 Å². The van der Waals surface area contributed by atoms with Gasteiger partial charge in [-0.05, 0) is 0 Å². The molecule has 1 rings (SSSR count). The number of hydrogen-bond acceptors (Lipinski definition) is 3. The van der Waals surface area contributed by atoms with Crippen molar-refractivity contribution < 1.29 is 13.0 Å². The molecule has 0 saturated carbocycles. The van der Waals surface area contributed by atoms with Gasteiger partial charge < -0.3 is 5.73 Å². The molecule has 0 aliphatic carbocycles. The van der Waals surface area contributed by atoms with E-state index >= 15 is 0 Å². The Morgan fingerprint density at radius 1 is 1.00 bits per heavy atom. The lowest BCUT2D eigenvalue weighted by atomic mass is 10.4. The molecule has 0 atom stereocenters. The largest absolute Gasteiger partial charge is 0.316 e. The van der Waals surface area contributed by atoms with E-state index in [0.29, 0.717) is 0 Å². The van der Waals surface area contributed by atoms with Crippen molar-refractivity contribution in [2.75, 3.05) is 5.88 Å². The standard InChI is InChI=1S/C6H6.CH5NO3S/c1-2-4-6-5-3-1;2-1-6(3,4)5/h1-6H;1-2H2,(H,3,4,5). The molecule has 0 heterocycles. The Balaban J connectivity index is 0.000000202. The number of benzene rings is 1. The molecule has 0 fully saturated rings. The Labute approximate surface area is 71.8 Å². The normalized spacial score (nSPS) is 9.83. The number of hydrogen-bond donors (Lipinski definition) is 2. The van der Waals surface area contributed by atoms with Crippen LogP contribution >= 0.6 is 0 Å². The second-order valence-corrected chi connectivity index (χ2v) is 3.40. The molecule has 1 aromatic rings. The molecular formula is C7H11NO3S. The van der Waals surface area contributed by atoms with Gasteiger partial charge in [0.05, 0.1) is 0 Å². The third-order valence-electron chi connectivity index (χ3n) is 0.877. The second-order valence-electron chi connectivity index (χ2n) is 1.90. The highest BCUT2D eigenvalue weighted by Gasteiger charge is 1.93. The zero-order chi connectivity index (χ0) is 9.45. The maximum absolute atomic E-state index is 9.43. The third kappa shape index (κ3) is 9.09. The van der Waals surface area contributed by atoms with Crippen molar-refractivity contribution in [3.8, 4) is 0 Å². The zero-order valence-corrected chi connectivity index (χ0v) is 7.24. The van der Waals surface area contributed by atoms with E-state index in [1.165, 1.54) is 0 Å². The highest BCUT2D eigenvalue weighted by Crippen LogP contribution is 1.79. The molecule has 0 radical (unpaired) electrons. The fraction of sp³-hybridized carbons (Fsp3) is 0.143. The van der Waals surface area contributed by atoms with Gasteiger partial charge >= 0.3 is 0 Å². The Morgan fingerprint density at radius 2 is 1.17 bits per heavy atom. The van der Waals surface area contributed by atoms with E-state index in [0.717, 1.165) is 0 Å². The summed E-state index contributed by atoms with van der Waals surface area (Å²) in [6, 6.07) is 12.0. The summed E-state index contributed by atoms with van der Waals surface area (Å²) in [6.07, 6.45) is 0. The van der Waals surface area contributed by atoms with Crippen LogP contribution in [-0.4, -0.2) is 18.8 Å². The Kier molecular flexibility index (Phi) is 5.27. The quantitative estimate of drug-likeness (QED) is 0.629. The predicted octanol–water partition coefficient (Wildman–Crippen LogP) is 0.477. The summed E-state index contributed by atoms with van der Waals surface area (Å²) in [5.74, 6) is -0.701. The minimum Gasteiger partial charge on any atom is -0.316 e. The van der Waals surface area contributed by atoms with E-state index < -0.39 is 16.0 Å². The van der Waals surface area contributed by atoms with Crippen molar-refractivity contribution in [3.63, 3.8) is 0 Å². The van der Waals surface area contributed by atoms with Crippen LogP contribution in [0.4, 0.5) is 0 Å². The SMILES string of the molecule is NCS(=O)(=O)O.c1ccccc1. The topological polar surface area (TPSA) is 80.4 Å². The summed E-state index contributed by atoms with van der Waals surface area (Å²) in [6.45, 7) is 0. The second kappa shape index (κ2) is 5.70. The Bertz CT molecular complexity index is 256. The molecule has 0 aliphatic rings. The van der Waals surface area contributed by atoms with Crippen LogP contribution < -0.4 is 5.73 Å². The van der Waals surface area contributed by atoms with Crippen molar-refractivity contribution >= 4 is 10.1 Å². The van der Waals surface area contributed by atoms with E-state index in [4.69, 9.17) is 4.55 Å².